The van der Waals surface area contributed by atoms with Gasteiger partial charge in [-0.25, -0.2) is 8.42 Å². The largest absolute Gasteiger partial charge is 0.454 e. The third kappa shape index (κ3) is 2.66. The molecular formula is C11H13ClO4S. The Hall–Kier alpha value is -0.940. The number of fused-ring (bicyclic) bond motifs is 1. The number of rotatable bonds is 3. The average molecular weight is 277 g/mol. The van der Waals surface area contributed by atoms with E-state index < -0.39 is 9.05 Å². The van der Waals surface area contributed by atoms with Crippen molar-refractivity contribution >= 4 is 19.7 Å². The van der Waals surface area contributed by atoms with Crippen LogP contribution in [0.1, 0.15) is 30.9 Å². The number of ether oxygens (including phenoxy) is 2. The molecule has 1 aliphatic rings. The summed E-state index contributed by atoms with van der Waals surface area (Å²) >= 11 is 0. The van der Waals surface area contributed by atoms with Gasteiger partial charge < -0.3 is 9.47 Å². The lowest BCUT2D eigenvalue weighted by atomic mass is 9.96. The van der Waals surface area contributed by atoms with E-state index in [1.54, 1.807) is 12.1 Å². The Balaban J connectivity index is 2.53. The van der Waals surface area contributed by atoms with Crippen LogP contribution in [0.25, 0.3) is 0 Å². The fraction of sp³-hybridized carbons (Fsp3) is 0.455. The van der Waals surface area contributed by atoms with Crippen molar-refractivity contribution in [2.45, 2.75) is 25.5 Å². The summed E-state index contributed by atoms with van der Waals surface area (Å²) < 4.78 is 33.0. The Morgan fingerprint density at radius 2 is 2.06 bits per heavy atom. The molecule has 1 aromatic carbocycles. The average Bonchev–Trinajstić information content (AvgIpc) is 2.61. The Kier molecular flexibility index (Phi) is 3.23. The molecule has 0 aliphatic carbocycles. The minimum absolute atomic E-state index is 0.139. The molecule has 1 aliphatic heterocycles. The highest BCUT2D eigenvalue weighted by atomic mass is 35.7. The van der Waals surface area contributed by atoms with Crippen LogP contribution in [0.2, 0.25) is 0 Å². The van der Waals surface area contributed by atoms with E-state index in [9.17, 15) is 8.42 Å². The van der Waals surface area contributed by atoms with Gasteiger partial charge in [0.1, 0.15) is 0 Å². The van der Waals surface area contributed by atoms with Gasteiger partial charge in [-0.05, 0) is 17.5 Å². The third-order valence-electron chi connectivity index (χ3n) is 2.57. The van der Waals surface area contributed by atoms with Gasteiger partial charge in [-0.3, -0.25) is 0 Å². The molecule has 0 bridgehead atoms. The molecule has 0 saturated carbocycles. The summed E-state index contributed by atoms with van der Waals surface area (Å²) in [5, 5.41) is 0. The maximum Gasteiger partial charge on any atom is 0.236 e. The van der Waals surface area contributed by atoms with Gasteiger partial charge in [0.2, 0.25) is 15.8 Å². The van der Waals surface area contributed by atoms with E-state index in [4.69, 9.17) is 20.2 Å². The van der Waals surface area contributed by atoms with E-state index in [2.05, 4.69) is 0 Å². The molecule has 0 atom stereocenters. The Labute approximate surface area is 105 Å². The molecule has 94 valence electrons. The van der Waals surface area contributed by atoms with Crippen LogP contribution in [-0.4, -0.2) is 15.2 Å². The van der Waals surface area contributed by atoms with Crippen LogP contribution in [0.4, 0.5) is 0 Å². The molecule has 2 rings (SSSR count). The van der Waals surface area contributed by atoms with Crippen molar-refractivity contribution < 1.29 is 17.9 Å². The van der Waals surface area contributed by atoms with Gasteiger partial charge in [0.15, 0.2) is 11.5 Å². The molecule has 6 heteroatoms. The lowest BCUT2D eigenvalue weighted by Crippen LogP contribution is -2.03. The molecule has 17 heavy (non-hydrogen) atoms. The molecular weight excluding hydrogens is 264 g/mol. The molecule has 4 nitrogen and oxygen atoms in total. The predicted molar refractivity (Wildman–Crippen MR) is 65.1 cm³/mol. The SMILES string of the molecule is CC(C)c1c(CS(=O)(=O)Cl)ccc2c1OCO2. The highest BCUT2D eigenvalue weighted by Gasteiger charge is 2.24. The quantitative estimate of drug-likeness (QED) is 0.797. The standard InChI is InChI=1S/C11H13ClO4S/c1-7(2)10-8(5-17(12,13)14)3-4-9-11(10)16-6-15-9/h3-4,7H,5-6H2,1-2H3. The molecule has 0 N–H and O–H groups in total. The molecule has 1 aromatic rings. The minimum atomic E-state index is -3.57. The predicted octanol–water partition coefficient (Wildman–Crippen LogP) is 2.61. The normalized spacial score (nSPS) is 14.4. The van der Waals surface area contributed by atoms with Crippen molar-refractivity contribution in [3.05, 3.63) is 23.3 Å². The van der Waals surface area contributed by atoms with Crippen LogP contribution in [0.15, 0.2) is 12.1 Å². The van der Waals surface area contributed by atoms with Gasteiger partial charge in [0.25, 0.3) is 0 Å². The molecule has 0 spiro atoms. The van der Waals surface area contributed by atoms with Crippen molar-refractivity contribution in [1.82, 2.24) is 0 Å². The smallest absolute Gasteiger partial charge is 0.236 e. The zero-order valence-electron chi connectivity index (χ0n) is 9.57. The van der Waals surface area contributed by atoms with E-state index in [-0.39, 0.29) is 18.5 Å². The first-order valence-electron chi connectivity index (χ1n) is 5.22. The zero-order valence-corrected chi connectivity index (χ0v) is 11.1. The summed E-state index contributed by atoms with van der Waals surface area (Å²) in [5.74, 6) is 1.24. The Morgan fingerprint density at radius 1 is 1.35 bits per heavy atom. The van der Waals surface area contributed by atoms with Crippen molar-refractivity contribution in [2.24, 2.45) is 0 Å². The Morgan fingerprint density at radius 3 is 2.65 bits per heavy atom. The van der Waals surface area contributed by atoms with Gasteiger partial charge >= 0.3 is 0 Å². The summed E-state index contributed by atoms with van der Waals surface area (Å²) in [4.78, 5) is 0. The Bertz CT molecular complexity index is 537. The lowest BCUT2D eigenvalue weighted by molar-refractivity contribution is 0.173. The second kappa shape index (κ2) is 4.38. The molecule has 0 aromatic heterocycles. The fourth-order valence-corrected chi connectivity index (χ4v) is 2.96. The molecule has 0 fully saturated rings. The van der Waals surface area contributed by atoms with Crippen molar-refractivity contribution in [3.63, 3.8) is 0 Å². The van der Waals surface area contributed by atoms with E-state index >= 15 is 0 Å². The van der Waals surface area contributed by atoms with Crippen molar-refractivity contribution in [2.75, 3.05) is 6.79 Å². The number of benzene rings is 1. The van der Waals surface area contributed by atoms with Crippen molar-refractivity contribution in [1.29, 1.82) is 0 Å². The second-order valence-electron chi connectivity index (χ2n) is 4.21. The lowest BCUT2D eigenvalue weighted by Gasteiger charge is -2.14. The van der Waals surface area contributed by atoms with E-state index in [0.29, 0.717) is 17.1 Å². The summed E-state index contributed by atoms with van der Waals surface area (Å²) in [6, 6.07) is 3.44. The highest BCUT2D eigenvalue weighted by molar-refractivity contribution is 8.13. The van der Waals surface area contributed by atoms with Gasteiger partial charge in [-0.2, -0.15) is 0 Å². The molecule has 0 saturated heterocycles. The van der Waals surface area contributed by atoms with Gasteiger partial charge in [-0.1, -0.05) is 19.9 Å². The topological polar surface area (TPSA) is 52.6 Å². The second-order valence-corrected chi connectivity index (χ2v) is 6.99. The summed E-state index contributed by atoms with van der Waals surface area (Å²) in [6.45, 7) is 4.12. The molecule has 0 unspecified atom stereocenters. The molecule has 0 radical (unpaired) electrons. The molecule has 1 heterocycles. The summed E-state index contributed by atoms with van der Waals surface area (Å²) in [5.41, 5.74) is 1.52. The summed E-state index contributed by atoms with van der Waals surface area (Å²) in [7, 11) is 1.72. The maximum absolute atomic E-state index is 11.2. The maximum atomic E-state index is 11.2. The van der Waals surface area contributed by atoms with E-state index in [0.717, 1.165) is 5.56 Å². The highest BCUT2D eigenvalue weighted by Crippen LogP contribution is 2.41. The van der Waals surface area contributed by atoms with Gasteiger partial charge in [0, 0.05) is 16.2 Å². The van der Waals surface area contributed by atoms with Crippen molar-refractivity contribution in [3.8, 4) is 11.5 Å². The zero-order chi connectivity index (χ0) is 12.6. The van der Waals surface area contributed by atoms with Crippen LogP contribution in [0.3, 0.4) is 0 Å². The monoisotopic (exact) mass is 276 g/mol. The van der Waals surface area contributed by atoms with E-state index in [1.807, 2.05) is 13.8 Å². The first-order chi connectivity index (χ1) is 7.88. The van der Waals surface area contributed by atoms with E-state index in [1.165, 1.54) is 0 Å². The first-order valence-corrected chi connectivity index (χ1v) is 7.70. The van der Waals surface area contributed by atoms with Crippen LogP contribution in [0.5, 0.6) is 11.5 Å². The number of halogens is 1. The van der Waals surface area contributed by atoms with Crippen LogP contribution >= 0.6 is 10.7 Å². The van der Waals surface area contributed by atoms with Gasteiger partial charge in [-0.15, -0.1) is 0 Å². The minimum Gasteiger partial charge on any atom is -0.454 e. The van der Waals surface area contributed by atoms with Crippen LogP contribution in [0, 0.1) is 0 Å². The first kappa shape index (κ1) is 12.5. The number of hydrogen-bond acceptors (Lipinski definition) is 4. The van der Waals surface area contributed by atoms with Crippen LogP contribution in [-0.2, 0) is 14.8 Å². The number of hydrogen-bond donors (Lipinski definition) is 0. The fourth-order valence-electron chi connectivity index (χ4n) is 1.98. The van der Waals surface area contributed by atoms with Crippen LogP contribution < -0.4 is 9.47 Å². The third-order valence-corrected chi connectivity index (χ3v) is 3.56. The van der Waals surface area contributed by atoms with Gasteiger partial charge in [0.05, 0.1) is 5.75 Å². The summed E-state index contributed by atoms with van der Waals surface area (Å²) in [6.07, 6.45) is 0. The molecule has 0 amide bonds.